The summed E-state index contributed by atoms with van der Waals surface area (Å²) < 4.78 is 19.2. The fraction of sp³-hybridized carbons (Fsp3) is 0.308. The number of hydrogen-bond acceptors (Lipinski definition) is 3. The van der Waals surface area contributed by atoms with Crippen LogP contribution in [-0.2, 0) is 6.54 Å². The highest BCUT2D eigenvalue weighted by Crippen LogP contribution is 2.17. The van der Waals surface area contributed by atoms with E-state index >= 15 is 0 Å². The molecule has 1 heterocycles. The number of aryl methyl sites for hydroxylation is 1. The van der Waals surface area contributed by atoms with Gasteiger partial charge in [-0.3, -0.25) is 0 Å². The highest BCUT2D eigenvalue weighted by Gasteiger charge is 2.10. The van der Waals surface area contributed by atoms with Crippen molar-refractivity contribution < 1.29 is 8.81 Å². The van der Waals surface area contributed by atoms with Crippen LogP contribution in [0.2, 0.25) is 0 Å². The lowest BCUT2D eigenvalue weighted by Crippen LogP contribution is -2.18. The van der Waals surface area contributed by atoms with Crippen LogP contribution in [0.25, 0.3) is 0 Å². The monoisotopic (exact) mass is 312 g/mol. The van der Waals surface area contributed by atoms with Crippen LogP contribution in [-0.4, -0.2) is 4.98 Å². The maximum Gasteiger partial charge on any atom is 0.211 e. The number of aromatic nitrogens is 1. The topological polar surface area (TPSA) is 38.1 Å². The third kappa shape index (κ3) is 3.17. The fourth-order valence-electron chi connectivity index (χ4n) is 1.58. The van der Waals surface area contributed by atoms with Crippen LogP contribution in [0.1, 0.15) is 30.2 Å². The molecule has 96 valence electrons. The summed E-state index contributed by atoms with van der Waals surface area (Å²) in [4.78, 5) is 4.15. The molecule has 0 saturated heterocycles. The zero-order valence-electron chi connectivity index (χ0n) is 10.2. The molecule has 0 amide bonds. The van der Waals surface area contributed by atoms with E-state index in [4.69, 9.17) is 4.42 Å². The lowest BCUT2D eigenvalue weighted by atomic mass is 10.2. The summed E-state index contributed by atoms with van der Waals surface area (Å²) in [5, 5.41) is 3.24. The van der Waals surface area contributed by atoms with Crippen LogP contribution in [0, 0.1) is 12.7 Å². The van der Waals surface area contributed by atoms with Crippen molar-refractivity contribution in [2.75, 3.05) is 0 Å². The van der Waals surface area contributed by atoms with E-state index in [1.165, 1.54) is 6.07 Å². The minimum absolute atomic E-state index is 0.00888. The molecule has 3 nitrogen and oxygen atoms in total. The van der Waals surface area contributed by atoms with E-state index in [0.29, 0.717) is 16.9 Å². The Morgan fingerprint density at radius 2 is 2.28 bits per heavy atom. The van der Waals surface area contributed by atoms with Crippen molar-refractivity contribution >= 4 is 15.9 Å². The second kappa shape index (κ2) is 5.63. The van der Waals surface area contributed by atoms with Crippen molar-refractivity contribution in [3.63, 3.8) is 0 Å². The van der Waals surface area contributed by atoms with Crippen LogP contribution in [0.5, 0.6) is 0 Å². The van der Waals surface area contributed by atoms with E-state index in [1.54, 1.807) is 12.3 Å². The lowest BCUT2D eigenvalue weighted by molar-refractivity contribution is 0.402. The van der Waals surface area contributed by atoms with E-state index in [2.05, 4.69) is 26.2 Å². The van der Waals surface area contributed by atoms with E-state index in [1.807, 2.05) is 19.9 Å². The molecule has 1 N–H and O–H groups in total. The normalized spacial score (nSPS) is 12.7. The average molecular weight is 313 g/mol. The van der Waals surface area contributed by atoms with Gasteiger partial charge in [-0.2, -0.15) is 0 Å². The maximum atomic E-state index is 13.3. The van der Waals surface area contributed by atoms with Crippen molar-refractivity contribution in [1.82, 2.24) is 10.3 Å². The zero-order valence-corrected chi connectivity index (χ0v) is 11.8. The Hall–Kier alpha value is -1.20. The van der Waals surface area contributed by atoms with Gasteiger partial charge in [0.15, 0.2) is 0 Å². The van der Waals surface area contributed by atoms with Crippen LogP contribution in [0.15, 0.2) is 33.3 Å². The van der Waals surface area contributed by atoms with Crippen molar-refractivity contribution in [2.24, 2.45) is 0 Å². The van der Waals surface area contributed by atoms with Crippen molar-refractivity contribution in [3.8, 4) is 0 Å². The largest absolute Gasteiger partial charge is 0.444 e. The molecule has 0 aliphatic heterocycles. The molecule has 1 atom stereocenters. The van der Waals surface area contributed by atoms with Crippen molar-refractivity contribution in [1.29, 1.82) is 0 Å². The Morgan fingerprint density at radius 1 is 1.50 bits per heavy atom. The first-order chi connectivity index (χ1) is 8.56. The summed E-state index contributed by atoms with van der Waals surface area (Å²) >= 11 is 3.13. The van der Waals surface area contributed by atoms with Gasteiger partial charge in [0.1, 0.15) is 11.6 Å². The third-order valence-corrected chi connectivity index (χ3v) is 3.25. The Labute approximate surface area is 114 Å². The number of rotatable bonds is 4. The second-order valence-corrected chi connectivity index (χ2v) is 5.01. The maximum absolute atomic E-state index is 13.3. The Morgan fingerprint density at radius 3 is 2.89 bits per heavy atom. The first-order valence-electron chi connectivity index (χ1n) is 5.66. The van der Waals surface area contributed by atoms with Gasteiger partial charge in [0.2, 0.25) is 5.89 Å². The molecule has 0 bridgehead atoms. The summed E-state index contributed by atoms with van der Waals surface area (Å²) in [5.41, 5.74) is 0.880. The minimum atomic E-state index is -0.256. The number of hydrogen-bond donors (Lipinski definition) is 1. The summed E-state index contributed by atoms with van der Waals surface area (Å²) in [6.45, 7) is 4.38. The fourth-order valence-corrected chi connectivity index (χ4v) is 1.83. The summed E-state index contributed by atoms with van der Waals surface area (Å²) in [6.07, 6.45) is 1.69. The molecule has 2 aromatic rings. The molecular weight excluding hydrogens is 299 g/mol. The molecule has 1 aromatic carbocycles. The molecule has 0 aliphatic carbocycles. The van der Waals surface area contributed by atoms with Crippen LogP contribution < -0.4 is 5.32 Å². The molecule has 5 heteroatoms. The highest BCUT2D eigenvalue weighted by atomic mass is 79.9. The van der Waals surface area contributed by atoms with Gasteiger partial charge in [0.05, 0.1) is 16.7 Å². The van der Waals surface area contributed by atoms with Gasteiger partial charge < -0.3 is 9.73 Å². The summed E-state index contributed by atoms with van der Waals surface area (Å²) in [6, 6.07) is 5.07. The van der Waals surface area contributed by atoms with Gasteiger partial charge in [-0.25, -0.2) is 9.37 Å². The number of halogens is 2. The Balaban J connectivity index is 1.97. The molecule has 1 aromatic heterocycles. The predicted octanol–water partition coefficient (Wildman–Crippen LogP) is 3.74. The smallest absolute Gasteiger partial charge is 0.211 e. The average Bonchev–Trinajstić information content (AvgIpc) is 2.77. The molecule has 2 rings (SSSR count). The van der Waals surface area contributed by atoms with Gasteiger partial charge >= 0.3 is 0 Å². The molecular formula is C13H14BrFN2O. The van der Waals surface area contributed by atoms with Crippen LogP contribution >= 0.6 is 15.9 Å². The first kappa shape index (κ1) is 13.2. The number of nitrogens with zero attached hydrogens (tertiary/aromatic N) is 1. The molecule has 0 radical (unpaired) electrons. The molecule has 0 spiro atoms. The predicted molar refractivity (Wildman–Crippen MR) is 70.6 cm³/mol. The standard InChI is InChI=1S/C13H14BrFN2O/c1-8-6-17-13(18-8)9(2)16-7-10-3-4-11(14)12(15)5-10/h3-6,9,16H,7H2,1-2H3. The second-order valence-electron chi connectivity index (χ2n) is 4.16. The Bertz CT molecular complexity index is 542. The lowest BCUT2D eigenvalue weighted by Gasteiger charge is -2.10. The molecule has 18 heavy (non-hydrogen) atoms. The van der Waals surface area contributed by atoms with Gasteiger partial charge in [-0.15, -0.1) is 0 Å². The van der Waals surface area contributed by atoms with Gasteiger partial charge in [-0.05, 0) is 47.5 Å². The van der Waals surface area contributed by atoms with Crippen molar-refractivity contribution in [2.45, 2.75) is 26.4 Å². The minimum Gasteiger partial charge on any atom is -0.444 e. The molecule has 0 saturated carbocycles. The van der Waals surface area contributed by atoms with Gasteiger partial charge in [0, 0.05) is 6.54 Å². The molecule has 0 fully saturated rings. The van der Waals surface area contributed by atoms with E-state index in [-0.39, 0.29) is 11.9 Å². The number of nitrogens with one attached hydrogen (secondary N) is 1. The SMILES string of the molecule is Cc1cnc(C(C)NCc2ccc(Br)c(F)c2)o1. The quantitative estimate of drug-likeness (QED) is 0.934. The van der Waals surface area contributed by atoms with E-state index < -0.39 is 0 Å². The zero-order chi connectivity index (χ0) is 13.1. The van der Waals surface area contributed by atoms with Crippen LogP contribution in [0.3, 0.4) is 0 Å². The highest BCUT2D eigenvalue weighted by molar-refractivity contribution is 9.10. The van der Waals surface area contributed by atoms with Gasteiger partial charge in [0.25, 0.3) is 0 Å². The molecule has 1 unspecified atom stereocenters. The summed E-state index contributed by atoms with van der Waals surface area (Å²) in [5.74, 6) is 1.17. The number of oxazole rings is 1. The van der Waals surface area contributed by atoms with Crippen LogP contribution in [0.4, 0.5) is 4.39 Å². The number of benzene rings is 1. The van der Waals surface area contributed by atoms with Gasteiger partial charge in [-0.1, -0.05) is 6.07 Å². The van der Waals surface area contributed by atoms with E-state index in [9.17, 15) is 4.39 Å². The molecule has 0 aliphatic rings. The third-order valence-electron chi connectivity index (χ3n) is 2.61. The Kier molecular flexibility index (Phi) is 4.14. The van der Waals surface area contributed by atoms with E-state index in [0.717, 1.165) is 11.3 Å². The first-order valence-corrected chi connectivity index (χ1v) is 6.45. The van der Waals surface area contributed by atoms with Crippen molar-refractivity contribution in [3.05, 3.63) is 51.9 Å². The summed E-state index contributed by atoms with van der Waals surface area (Å²) in [7, 11) is 0.